The third-order valence-electron chi connectivity index (χ3n) is 1.97. The molecule has 4 nitrogen and oxygen atoms in total. The van der Waals surface area contributed by atoms with Crippen LogP contribution in [0, 0.1) is 6.92 Å². The number of aromatic nitrogens is 2. The van der Waals surface area contributed by atoms with E-state index in [2.05, 4.69) is 31.2 Å². The molecule has 0 aliphatic rings. The number of thiazole rings is 1. The molecule has 16 heavy (non-hydrogen) atoms. The first-order valence-corrected chi connectivity index (χ1v) is 6.16. The molecule has 0 aliphatic heterocycles. The van der Waals surface area contributed by atoms with Crippen LogP contribution in [0.4, 0.5) is 5.69 Å². The van der Waals surface area contributed by atoms with Gasteiger partial charge in [0, 0.05) is 12.4 Å². The van der Waals surface area contributed by atoms with Gasteiger partial charge in [0.1, 0.15) is 4.88 Å². The minimum Gasteiger partial charge on any atom is -0.320 e. The van der Waals surface area contributed by atoms with Crippen LogP contribution in [0.3, 0.4) is 0 Å². The summed E-state index contributed by atoms with van der Waals surface area (Å²) in [4.78, 5) is 20.5. The van der Waals surface area contributed by atoms with Crippen molar-refractivity contribution in [3.8, 4) is 0 Å². The van der Waals surface area contributed by atoms with Crippen LogP contribution in [0.15, 0.2) is 28.4 Å². The predicted octanol–water partition coefficient (Wildman–Crippen LogP) is 2.86. The summed E-state index contributed by atoms with van der Waals surface area (Å²) in [5, 5.41) is 2.80. The third kappa shape index (κ3) is 2.28. The quantitative estimate of drug-likeness (QED) is 0.927. The number of aryl methyl sites for hydroxylation is 1. The summed E-state index contributed by atoms with van der Waals surface area (Å²) in [5.41, 5.74) is 3.10. The van der Waals surface area contributed by atoms with Crippen LogP contribution >= 0.6 is 27.3 Å². The first-order chi connectivity index (χ1) is 7.68. The fourth-order valence-electron chi connectivity index (χ4n) is 1.18. The SMILES string of the molecule is Cc1ncsc1C(=O)Nc1ccncc1Br. The molecule has 0 spiro atoms. The van der Waals surface area contributed by atoms with Gasteiger partial charge in [0.05, 0.1) is 21.4 Å². The van der Waals surface area contributed by atoms with Crippen LogP contribution in [0.2, 0.25) is 0 Å². The topological polar surface area (TPSA) is 54.9 Å². The number of pyridine rings is 1. The molecule has 0 aliphatic carbocycles. The maximum atomic E-state index is 11.9. The Bertz CT molecular complexity index is 526. The van der Waals surface area contributed by atoms with Crippen LogP contribution in [0.25, 0.3) is 0 Å². The van der Waals surface area contributed by atoms with Gasteiger partial charge in [-0.2, -0.15) is 0 Å². The highest BCUT2D eigenvalue weighted by Crippen LogP contribution is 2.22. The highest BCUT2D eigenvalue weighted by Gasteiger charge is 2.12. The molecule has 2 rings (SSSR count). The maximum Gasteiger partial charge on any atom is 0.267 e. The molecule has 0 radical (unpaired) electrons. The van der Waals surface area contributed by atoms with Crippen LogP contribution in [0.5, 0.6) is 0 Å². The molecule has 2 heterocycles. The number of halogens is 1. The van der Waals surface area contributed by atoms with E-state index >= 15 is 0 Å². The zero-order valence-electron chi connectivity index (χ0n) is 8.40. The first kappa shape index (κ1) is 11.2. The summed E-state index contributed by atoms with van der Waals surface area (Å²) in [6.07, 6.45) is 3.26. The number of rotatable bonds is 2. The van der Waals surface area contributed by atoms with Gasteiger partial charge in [0.2, 0.25) is 0 Å². The zero-order valence-corrected chi connectivity index (χ0v) is 10.8. The molecule has 0 saturated heterocycles. The third-order valence-corrected chi connectivity index (χ3v) is 3.53. The normalized spacial score (nSPS) is 10.1. The number of amides is 1. The van der Waals surface area contributed by atoms with Gasteiger partial charge in [-0.05, 0) is 28.9 Å². The van der Waals surface area contributed by atoms with Crippen molar-refractivity contribution in [1.82, 2.24) is 9.97 Å². The molecule has 0 fully saturated rings. The van der Waals surface area contributed by atoms with Crippen molar-refractivity contribution in [2.45, 2.75) is 6.92 Å². The van der Waals surface area contributed by atoms with Gasteiger partial charge in [0.15, 0.2) is 0 Å². The fraction of sp³-hybridized carbons (Fsp3) is 0.100. The Morgan fingerprint density at radius 1 is 1.56 bits per heavy atom. The van der Waals surface area contributed by atoms with E-state index in [1.807, 2.05) is 6.92 Å². The Hall–Kier alpha value is -1.27. The molecule has 2 aromatic rings. The molecule has 0 saturated carbocycles. The smallest absolute Gasteiger partial charge is 0.267 e. The van der Waals surface area contributed by atoms with E-state index in [0.717, 1.165) is 10.2 Å². The molecule has 1 amide bonds. The van der Waals surface area contributed by atoms with Gasteiger partial charge in [-0.1, -0.05) is 0 Å². The number of hydrogen-bond acceptors (Lipinski definition) is 4. The van der Waals surface area contributed by atoms with Gasteiger partial charge in [-0.3, -0.25) is 9.78 Å². The maximum absolute atomic E-state index is 11.9. The summed E-state index contributed by atoms with van der Waals surface area (Å²) in [6, 6.07) is 1.73. The van der Waals surface area contributed by atoms with E-state index in [0.29, 0.717) is 10.6 Å². The second kappa shape index (κ2) is 4.71. The number of hydrogen-bond donors (Lipinski definition) is 1. The minimum absolute atomic E-state index is 0.146. The van der Waals surface area contributed by atoms with E-state index in [4.69, 9.17) is 0 Å². The molecule has 0 unspecified atom stereocenters. The van der Waals surface area contributed by atoms with Crippen molar-refractivity contribution in [3.63, 3.8) is 0 Å². The molecule has 2 aromatic heterocycles. The van der Waals surface area contributed by atoms with Gasteiger partial charge < -0.3 is 5.32 Å². The summed E-state index contributed by atoms with van der Waals surface area (Å²) < 4.78 is 0.755. The van der Waals surface area contributed by atoms with Crippen LogP contribution < -0.4 is 5.32 Å². The molecule has 82 valence electrons. The Balaban J connectivity index is 2.21. The van der Waals surface area contributed by atoms with Crippen LogP contribution in [0.1, 0.15) is 15.4 Å². The Kier molecular flexibility index (Phi) is 3.31. The second-order valence-electron chi connectivity index (χ2n) is 3.08. The van der Waals surface area contributed by atoms with E-state index in [1.165, 1.54) is 11.3 Å². The molecule has 0 aromatic carbocycles. The highest BCUT2D eigenvalue weighted by molar-refractivity contribution is 9.10. The first-order valence-electron chi connectivity index (χ1n) is 4.49. The molecule has 6 heteroatoms. The van der Waals surface area contributed by atoms with Crippen molar-refractivity contribution in [3.05, 3.63) is 39.0 Å². The lowest BCUT2D eigenvalue weighted by molar-refractivity contribution is 0.102. The van der Waals surface area contributed by atoms with Gasteiger partial charge >= 0.3 is 0 Å². The molecule has 0 atom stereocenters. The van der Waals surface area contributed by atoms with Crippen molar-refractivity contribution in [1.29, 1.82) is 0 Å². The number of nitrogens with zero attached hydrogens (tertiary/aromatic N) is 2. The Morgan fingerprint density at radius 3 is 3.00 bits per heavy atom. The standard InChI is InChI=1S/C10H8BrN3OS/c1-6-9(16-5-13-6)10(15)14-8-2-3-12-4-7(8)11/h2-5H,1H3,(H,12,14,15). The van der Waals surface area contributed by atoms with Crippen molar-refractivity contribution >= 4 is 38.9 Å². The van der Waals surface area contributed by atoms with Gasteiger partial charge in [0.25, 0.3) is 5.91 Å². The summed E-state index contributed by atoms with van der Waals surface area (Å²) in [5.74, 6) is -0.146. The Morgan fingerprint density at radius 2 is 2.38 bits per heavy atom. The summed E-state index contributed by atoms with van der Waals surface area (Å²) in [7, 11) is 0. The lowest BCUT2D eigenvalue weighted by Crippen LogP contribution is -2.12. The van der Waals surface area contributed by atoms with E-state index in [9.17, 15) is 4.79 Å². The fourth-order valence-corrected chi connectivity index (χ4v) is 2.22. The van der Waals surface area contributed by atoms with E-state index < -0.39 is 0 Å². The molecular weight excluding hydrogens is 290 g/mol. The lowest BCUT2D eigenvalue weighted by Gasteiger charge is -2.05. The number of nitrogens with one attached hydrogen (secondary N) is 1. The molecule has 1 N–H and O–H groups in total. The average Bonchev–Trinajstić information content (AvgIpc) is 2.68. The number of carbonyl (C=O) groups is 1. The minimum atomic E-state index is -0.146. The zero-order chi connectivity index (χ0) is 11.5. The lowest BCUT2D eigenvalue weighted by atomic mass is 10.3. The number of anilines is 1. The number of carbonyl (C=O) groups excluding carboxylic acids is 1. The van der Waals surface area contributed by atoms with Gasteiger partial charge in [-0.15, -0.1) is 11.3 Å². The predicted molar refractivity (Wildman–Crippen MR) is 66.7 cm³/mol. The molecular formula is C10H8BrN3OS. The monoisotopic (exact) mass is 297 g/mol. The van der Waals surface area contributed by atoms with E-state index in [1.54, 1.807) is 24.0 Å². The van der Waals surface area contributed by atoms with Crippen molar-refractivity contribution in [2.75, 3.05) is 5.32 Å². The van der Waals surface area contributed by atoms with E-state index in [-0.39, 0.29) is 5.91 Å². The summed E-state index contributed by atoms with van der Waals surface area (Å²) >= 11 is 4.65. The highest BCUT2D eigenvalue weighted by atomic mass is 79.9. The largest absolute Gasteiger partial charge is 0.320 e. The van der Waals surface area contributed by atoms with Gasteiger partial charge in [-0.25, -0.2) is 4.98 Å². The Labute approximate surface area is 105 Å². The second-order valence-corrected chi connectivity index (χ2v) is 4.79. The van der Waals surface area contributed by atoms with Crippen molar-refractivity contribution in [2.24, 2.45) is 0 Å². The molecule has 0 bridgehead atoms. The van der Waals surface area contributed by atoms with Crippen LogP contribution in [-0.4, -0.2) is 15.9 Å². The average molecular weight is 298 g/mol. The van der Waals surface area contributed by atoms with Crippen molar-refractivity contribution < 1.29 is 4.79 Å². The summed E-state index contributed by atoms with van der Waals surface area (Å²) in [6.45, 7) is 1.81. The van der Waals surface area contributed by atoms with Crippen LogP contribution in [-0.2, 0) is 0 Å².